The Bertz CT molecular complexity index is 587. The van der Waals surface area contributed by atoms with Crippen molar-refractivity contribution in [3.63, 3.8) is 0 Å². The molecule has 1 aromatic heterocycles. The summed E-state index contributed by atoms with van der Waals surface area (Å²) >= 11 is 6.02. The summed E-state index contributed by atoms with van der Waals surface area (Å²) in [6.45, 7) is 2.65. The number of amides is 1. The molecule has 0 aliphatic heterocycles. The smallest absolute Gasteiger partial charge is 0.239 e. The zero-order valence-electron chi connectivity index (χ0n) is 11.2. The molecule has 104 valence electrons. The summed E-state index contributed by atoms with van der Waals surface area (Å²) < 4.78 is 0. The Morgan fingerprint density at radius 3 is 2.70 bits per heavy atom. The lowest BCUT2D eigenvalue weighted by molar-refractivity contribution is -0.119. The van der Waals surface area contributed by atoms with E-state index >= 15 is 0 Å². The third-order valence-electron chi connectivity index (χ3n) is 2.86. The van der Waals surface area contributed by atoms with Crippen molar-refractivity contribution in [1.82, 2.24) is 10.3 Å². The van der Waals surface area contributed by atoms with Crippen LogP contribution in [0.4, 0.5) is 5.69 Å². The highest BCUT2D eigenvalue weighted by Crippen LogP contribution is 2.19. The van der Waals surface area contributed by atoms with E-state index in [-0.39, 0.29) is 12.5 Å². The van der Waals surface area contributed by atoms with Gasteiger partial charge in [0.05, 0.1) is 6.54 Å². The quantitative estimate of drug-likeness (QED) is 0.890. The second-order valence-electron chi connectivity index (χ2n) is 4.45. The van der Waals surface area contributed by atoms with Crippen molar-refractivity contribution in [2.75, 3.05) is 11.9 Å². The Morgan fingerprint density at radius 2 is 2.00 bits per heavy atom. The number of halogens is 1. The zero-order valence-corrected chi connectivity index (χ0v) is 11.9. The maximum Gasteiger partial charge on any atom is 0.239 e. The average Bonchev–Trinajstić information content (AvgIpc) is 2.47. The first kappa shape index (κ1) is 14.3. The molecule has 0 radical (unpaired) electrons. The van der Waals surface area contributed by atoms with Crippen molar-refractivity contribution in [3.05, 3.63) is 58.9 Å². The van der Waals surface area contributed by atoms with E-state index < -0.39 is 0 Å². The fraction of sp³-hybridized carbons (Fsp3) is 0.200. The van der Waals surface area contributed by atoms with Crippen molar-refractivity contribution < 1.29 is 4.79 Å². The molecular formula is C15H16ClN3O. The van der Waals surface area contributed by atoms with Gasteiger partial charge < -0.3 is 10.6 Å². The molecule has 0 fully saturated rings. The zero-order chi connectivity index (χ0) is 14.4. The lowest BCUT2D eigenvalue weighted by atomic mass is 10.2. The van der Waals surface area contributed by atoms with Crippen LogP contribution in [0.25, 0.3) is 0 Å². The van der Waals surface area contributed by atoms with Crippen molar-refractivity contribution in [2.45, 2.75) is 13.5 Å². The summed E-state index contributed by atoms with van der Waals surface area (Å²) in [4.78, 5) is 15.6. The minimum Gasteiger partial charge on any atom is -0.376 e. The van der Waals surface area contributed by atoms with Gasteiger partial charge in [-0.2, -0.15) is 0 Å². The van der Waals surface area contributed by atoms with E-state index in [1.54, 1.807) is 12.4 Å². The van der Waals surface area contributed by atoms with Gasteiger partial charge >= 0.3 is 0 Å². The third kappa shape index (κ3) is 4.24. The van der Waals surface area contributed by atoms with Gasteiger partial charge in [0.2, 0.25) is 5.91 Å². The lowest BCUT2D eigenvalue weighted by Crippen LogP contribution is -2.29. The number of aromatic nitrogens is 1. The predicted octanol–water partition coefficient (Wildman–Crippen LogP) is 2.77. The first-order valence-corrected chi connectivity index (χ1v) is 6.68. The average molecular weight is 290 g/mol. The fourth-order valence-corrected chi connectivity index (χ4v) is 1.83. The number of anilines is 1. The highest BCUT2D eigenvalue weighted by Gasteiger charge is 2.02. The Labute approximate surface area is 123 Å². The largest absolute Gasteiger partial charge is 0.376 e. The van der Waals surface area contributed by atoms with Crippen molar-refractivity contribution in [3.8, 4) is 0 Å². The minimum atomic E-state index is -0.0708. The van der Waals surface area contributed by atoms with Gasteiger partial charge in [0.1, 0.15) is 0 Å². The van der Waals surface area contributed by atoms with Crippen LogP contribution < -0.4 is 10.6 Å². The number of nitrogens with one attached hydrogen (secondary N) is 2. The first-order valence-electron chi connectivity index (χ1n) is 6.31. The molecule has 20 heavy (non-hydrogen) atoms. The van der Waals surface area contributed by atoms with Crippen LogP contribution in [0, 0.1) is 6.92 Å². The van der Waals surface area contributed by atoms with E-state index in [1.807, 2.05) is 37.3 Å². The van der Waals surface area contributed by atoms with E-state index in [9.17, 15) is 4.79 Å². The van der Waals surface area contributed by atoms with Crippen LogP contribution >= 0.6 is 11.6 Å². The molecule has 1 heterocycles. The van der Waals surface area contributed by atoms with Crippen molar-refractivity contribution in [2.24, 2.45) is 0 Å². The molecule has 0 saturated carbocycles. The van der Waals surface area contributed by atoms with Crippen molar-refractivity contribution in [1.29, 1.82) is 0 Å². The predicted molar refractivity (Wildman–Crippen MR) is 80.8 cm³/mol. The number of carbonyl (C=O) groups is 1. The number of hydrogen-bond donors (Lipinski definition) is 2. The summed E-state index contributed by atoms with van der Waals surface area (Å²) in [5.74, 6) is -0.0708. The van der Waals surface area contributed by atoms with Crippen LogP contribution in [0.2, 0.25) is 5.02 Å². The molecule has 0 aliphatic carbocycles. The highest BCUT2D eigenvalue weighted by atomic mass is 35.5. The summed E-state index contributed by atoms with van der Waals surface area (Å²) in [6, 6.07) is 9.37. The minimum absolute atomic E-state index is 0.0708. The molecule has 1 aromatic carbocycles. The van der Waals surface area contributed by atoms with Crippen LogP contribution in [-0.4, -0.2) is 17.4 Å². The van der Waals surface area contributed by atoms with Gasteiger partial charge in [0, 0.05) is 29.6 Å². The van der Waals surface area contributed by atoms with E-state index in [1.165, 1.54) is 0 Å². The maximum absolute atomic E-state index is 11.7. The summed E-state index contributed by atoms with van der Waals surface area (Å²) in [6.07, 6.45) is 3.40. The standard InChI is InChI=1S/C15H16ClN3O/c1-11-2-3-13(8-14(11)16)18-10-15(20)19-9-12-4-6-17-7-5-12/h2-8,18H,9-10H2,1H3,(H,19,20). The van der Waals surface area contributed by atoms with Gasteiger partial charge in [-0.15, -0.1) is 0 Å². The van der Waals surface area contributed by atoms with Gasteiger partial charge in [-0.3, -0.25) is 9.78 Å². The summed E-state index contributed by atoms with van der Waals surface area (Å²) in [7, 11) is 0. The SMILES string of the molecule is Cc1ccc(NCC(=O)NCc2ccncc2)cc1Cl. The Kier molecular flexibility index (Phi) is 4.96. The monoisotopic (exact) mass is 289 g/mol. The number of aryl methyl sites for hydroxylation is 1. The van der Waals surface area contributed by atoms with Crippen LogP contribution in [0.15, 0.2) is 42.7 Å². The second-order valence-corrected chi connectivity index (χ2v) is 4.86. The van der Waals surface area contributed by atoms with Crippen LogP contribution in [0.5, 0.6) is 0 Å². The second kappa shape index (κ2) is 6.91. The molecular weight excluding hydrogens is 274 g/mol. The molecule has 0 bridgehead atoms. The molecule has 0 spiro atoms. The summed E-state index contributed by atoms with van der Waals surface area (Å²) in [5, 5.41) is 6.56. The van der Waals surface area contributed by atoms with E-state index in [4.69, 9.17) is 11.6 Å². The third-order valence-corrected chi connectivity index (χ3v) is 3.27. The van der Waals surface area contributed by atoms with Crippen LogP contribution in [0.1, 0.15) is 11.1 Å². The first-order chi connectivity index (χ1) is 9.65. The highest BCUT2D eigenvalue weighted by molar-refractivity contribution is 6.31. The lowest BCUT2D eigenvalue weighted by Gasteiger charge is -2.09. The molecule has 2 N–H and O–H groups in total. The number of carbonyl (C=O) groups excluding carboxylic acids is 1. The number of benzene rings is 1. The maximum atomic E-state index is 11.7. The molecule has 0 atom stereocenters. The molecule has 5 heteroatoms. The van der Waals surface area contributed by atoms with Gasteiger partial charge in [-0.05, 0) is 42.3 Å². The molecule has 2 rings (SSSR count). The van der Waals surface area contributed by atoms with Crippen molar-refractivity contribution >= 4 is 23.2 Å². The summed E-state index contributed by atoms with van der Waals surface area (Å²) in [5.41, 5.74) is 2.87. The van der Waals surface area contributed by atoms with E-state index in [0.29, 0.717) is 11.6 Å². The number of pyridine rings is 1. The number of nitrogens with zero attached hydrogens (tertiary/aromatic N) is 1. The number of rotatable bonds is 5. The van der Waals surface area contributed by atoms with E-state index in [2.05, 4.69) is 15.6 Å². The van der Waals surface area contributed by atoms with Crippen LogP contribution in [-0.2, 0) is 11.3 Å². The van der Waals surface area contributed by atoms with Gasteiger partial charge in [-0.25, -0.2) is 0 Å². The molecule has 0 unspecified atom stereocenters. The van der Waals surface area contributed by atoms with Gasteiger partial charge in [0.15, 0.2) is 0 Å². The van der Waals surface area contributed by atoms with E-state index in [0.717, 1.165) is 16.8 Å². The molecule has 0 aliphatic rings. The molecule has 0 saturated heterocycles. The van der Waals surface area contributed by atoms with Gasteiger partial charge in [-0.1, -0.05) is 17.7 Å². The Balaban J connectivity index is 1.79. The molecule has 4 nitrogen and oxygen atoms in total. The number of hydrogen-bond acceptors (Lipinski definition) is 3. The Morgan fingerprint density at radius 1 is 1.25 bits per heavy atom. The normalized spacial score (nSPS) is 10.1. The molecule has 1 amide bonds. The van der Waals surface area contributed by atoms with Crippen LogP contribution in [0.3, 0.4) is 0 Å². The molecule has 2 aromatic rings. The Hall–Kier alpha value is -2.07. The topological polar surface area (TPSA) is 54.0 Å². The fourth-order valence-electron chi connectivity index (χ4n) is 1.65. The van der Waals surface area contributed by atoms with Gasteiger partial charge in [0.25, 0.3) is 0 Å².